The van der Waals surface area contributed by atoms with Crippen molar-refractivity contribution in [3.8, 4) is 0 Å². The zero-order valence-corrected chi connectivity index (χ0v) is 11.2. The maximum absolute atomic E-state index is 13.0. The first kappa shape index (κ1) is 14.0. The molecule has 0 radical (unpaired) electrons. The number of rotatable bonds is 5. The van der Waals surface area contributed by atoms with Crippen LogP contribution >= 0.6 is 0 Å². The van der Waals surface area contributed by atoms with E-state index in [1.807, 2.05) is 6.92 Å². The molecule has 2 rings (SSSR count). The number of aromatic nitrogens is 1. The summed E-state index contributed by atoms with van der Waals surface area (Å²) in [6.45, 7) is 2.84. The molecule has 1 aromatic carbocycles. The van der Waals surface area contributed by atoms with E-state index in [1.54, 1.807) is 24.3 Å². The van der Waals surface area contributed by atoms with Gasteiger partial charge in [-0.1, -0.05) is 19.1 Å². The second kappa shape index (κ2) is 6.65. The minimum absolute atomic E-state index is 0.287. The molecule has 0 saturated heterocycles. The lowest BCUT2D eigenvalue weighted by atomic mass is 10.3. The Hall–Kier alpha value is -2.43. The predicted octanol–water partition coefficient (Wildman–Crippen LogP) is 3.29. The van der Waals surface area contributed by atoms with Crippen LogP contribution in [0.25, 0.3) is 0 Å². The fraction of sp³-hybridized carbons (Fsp3) is 0.200. The third-order valence-corrected chi connectivity index (χ3v) is 2.62. The lowest BCUT2D eigenvalue weighted by Gasteiger charge is -2.07. The van der Waals surface area contributed by atoms with Gasteiger partial charge in [0.05, 0.1) is 0 Å². The van der Waals surface area contributed by atoms with Crippen molar-refractivity contribution in [1.82, 2.24) is 4.98 Å². The minimum atomic E-state index is -0.394. The van der Waals surface area contributed by atoms with Gasteiger partial charge in [0, 0.05) is 12.2 Å². The van der Waals surface area contributed by atoms with Crippen LogP contribution in [-0.4, -0.2) is 17.4 Å². The number of amides is 1. The predicted molar refractivity (Wildman–Crippen MR) is 77.4 cm³/mol. The number of hydrogen-bond acceptors (Lipinski definition) is 3. The highest BCUT2D eigenvalue weighted by atomic mass is 19.1. The molecule has 0 spiro atoms. The van der Waals surface area contributed by atoms with Crippen LogP contribution in [0, 0.1) is 5.82 Å². The zero-order valence-electron chi connectivity index (χ0n) is 11.2. The summed E-state index contributed by atoms with van der Waals surface area (Å²) in [6.07, 6.45) is 0.974. The molecule has 0 fully saturated rings. The third-order valence-electron chi connectivity index (χ3n) is 2.62. The smallest absolute Gasteiger partial charge is 0.274 e. The van der Waals surface area contributed by atoms with Crippen molar-refractivity contribution in [1.29, 1.82) is 0 Å². The Morgan fingerprint density at radius 3 is 2.80 bits per heavy atom. The number of carbonyl (C=O) groups excluding carboxylic acids is 1. The van der Waals surface area contributed by atoms with E-state index in [9.17, 15) is 9.18 Å². The normalized spacial score (nSPS) is 10.1. The molecule has 5 heteroatoms. The molecule has 1 heterocycles. The third kappa shape index (κ3) is 3.78. The van der Waals surface area contributed by atoms with E-state index in [4.69, 9.17) is 0 Å². The molecule has 0 aliphatic rings. The van der Waals surface area contributed by atoms with Crippen molar-refractivity contribution in [3.63, 3.8) is 0 Å². The van der Waals surface area contributed by atoms with Gasteiger partial charge in [-0.15, -0.1) is 0 Å². The summed E-state index contributed by atoms with van der Waals surface area (Å²) in [5, 5.41) is 5.72. The topological polar surface area (TPSA) is 54.0 Å². The monoisotopic (exact) mass is 273 g/mol. The van der Waals surface area contributed by atoms with Crippen LogP contribution in [0.3, 0.4) is 0 Å². The fourth-order valence-corrected chi connectivity index (χ4v) is 1.67. The maximum Gasteiger partial charge on any atom is 0.274 e. The van der Waals surface area contributed by atoms with E-state index >= 15 is 0 Å². The number of carbonyl (C=O) groups is 1. The molecule has 1 amide bonds. The molecular formula is C15H16FN3O. The Balaban J connectivity index is 2.09. The molecule has 104 valence electrons. The van der Waals surface area contributed by atoms with Crippen LogP contribution in [0.5, 0.6) is 0 Å². The number of nitrogens with zero attached hydrogens (tertiary/aromatic N) is 1. The summed E-state index contributed by atoms with van der Waals surface area (Å²) in [4.78, 5) is 16.2. The highest BCUT2D eigenvalue weighted by Gasteiger charge is 2.08. The summed E-state index contributed by atoms with van der Waals surface area (Å²) in [7, 11) is 0. The van der Waals surface area contributed by atoms with Crippen molar-refractivity contribution in [2.75, 3.05) is 17.2 Å². The van der Waals surface area contributed by atoms with Crippen molar-refractivity contribution < 1.29 is 9.18 Å². The van der Waals surface area contributed by atoms with E-state index in [1.165, 1.54) is 18.2 Å². The van der Waals surface area contributed by atoms with Crippen molar-refractivity contribution in [2.45, 2.75) is 13.3 Å². The number of benzene rings is 1. The van der Waals surface area contributed by atoms with E-state index in [0.29, 0.717) is 11.5 Å². The molecule has 2 N–H and O–H groups in total. The second-order valence-corrected chi connectivity index (χ2v) is 4.30. The minimum Gasteiger partial charge on any atom is -0.370 e. The molecule has 0 unspecified atom stereocenters. The Labute approximate surface area is 117 Å². The van der Waals surface area contributed by atoms with E-state index < -0.39 is 5.82 Å². The first-order chi connectivity index (χ1) is 9.69. The quantitative estimate of drug-likeness (QED) is 0.879. The molecule has 0 aliphatic heterocycles. The van der Waals surface area contributed by atoms with Gasteiger partial charge in [-0.25, -0.2) is 9.37 Å². The molecule has 4 nitrogen and oxygen atoms in total. The average molecular weight is 273 g/mol. The van der Waals surface area contributed by atoms with Gasteiger partial charge >= 0.3 is 0 Å². The van der Waals surface area contributed by atoms with Gasteiger partial charge in [-0.05, 0) is 36.8 Å². The standard InChI is InChI=1S/C15H16FN3O/c1-2-9-17-14-8-4-7-13(19-14)15(20)18-12-6-3-5-11(16)10-12/h3-8,10H,2,9H2,1H3,(H,17,19)(H,18,20). The molecular weight excluding hydrogens is 257 g/mol. The van der Waals surface area contributed by atoms with E-state index in [2.05, 4.69) is 15.6 Å². The number of halogens is 1. The van der Waals surface area contributed by atoms with Gasteiger partial charge in [0.15, 0.2) is 0 Å². The Morgan fingerprint density at radius 1 is 1.25 bits per heavy atom. The zero-order chi connectivity index (χ0) is 14.4. The van der Waals surface area contributed by atoms with Gasteiger partial charge in [0.2, 0.25) is 0 Å². The fourth-order valence-electron chi connectivity index (χ4n) is 1.67. The number of hydrogen-bond donors (Lipinski definition) is 2. The number of anilines is 2. The molecule has 0 atom stereocenters. The van der Waals surface area contributed by atoms with Gasteiger partial charge in [0.1, 0.15) is 17.3 Å². The van der Waals surface area contributed by atoms with Crippen LogP contribution in [0.2, 0.25) is 0 Å². The Bertz CT molecular complexity index is 601. The molecule has 0 aliphatic carbocycles. The Morgan fingerprint density at radius 2 is 2.05 bits per heavy atom. The van der Waals surface area contributed by atoms with Crippen molar-refractivity contribution in [3.05, 3.63) is 54.0 Å². The lowest BCUT2D eigenvalue weighted by molar-refractivity contribution is 0.102. The van der Waals surface area contributed by atoms with Crippen LogP contribution in [0.15, 0.2) is 42.5 Å². The summed E-state index contributed by atoms with van der Waals surface area (Å²) >= 11 is 0. The van der Waals surface area contributed by atoms with Crippen molar-refractivity contribution in [2.24, 2.45) is 0 Å². The average Bonchev–Trinajstić information content (AvgIpc) is 2.45. The van der Waals surface area contributed by atoms with E-state index in [-0.39, 0.29) is 11.6 Å². The molecule has 0 bridgehead atoms. The first-order valence-electron chi connectivity index (χ1n) is 6.47. The summed E-state index contributed by atoms with van der Waals surface area (Å²) < 4.78 is 13.0. The van der Waals surface area contributed by atoms with Gasteiger partial charge < -0.3 is 10.6 Å². The summed E-state index contributed by atoms with van der Waals surface area (Å²) in [5.74, 6) is -0.108. The van der Waals surface area contributed by atoms with Crippen LogP contribution < -0.4 is 10.6 Å². The number of nitrogens with one attached hydrogen (secondary N) is 2. The molecule has 2 aromatic rings. The molecule has 20 heavy (non-hydrogen) atoms. The highest BCUT2D eigenvalue weighted by Crippen LogP contribution is 2.11. The largest absolute Gasteiger partial charge is 0.370 e. The van der Waals surface area contributed by atoms with Crippen LogP contribution in [0.4, 0.5) is 15.9 Å². The number of pyridine rings is 1. The van der Waals surface area contributed by atoms with Gasteiger partial charge in [-0.3, -0.25) is 4.79 Å². The van der Waals surface area contributed by atoms with Crippen molar-refractivity contribution >= 4 is 17.4 Å². The summed E-state index contributed by atoms with van der Waals surface area (Å²) in [5.41, 5.74) is 0.694. The Kier molecular flexibility index (Phi) is 4.65. The first-order valence-corrected chi connectivity index (χ1v) is 6.47. The second-order valence-electron chi connectivity index (χ2n) is 4.30. The van der Waals surface area contributed by atoms with Gasteiger partial charge in [-0.2, -0.15) is 0 Å². The van der Waals surface area contributed by atoms with Gasteiger partial charge in [0.25, 0.3) is 5.91 Å². The van der Waals surface area contributed by atoms with E-state index in [0.717, 1.165) is 13.0 Å². The highest BCUT2D eigenvalue weighted by molar-refractivity contribution is 6.03. The van der Waals surface area contributed by atoms with Crippen LogP contribution in [-0.2, 0) is 0 Å². The summed E-state index contributed by atoms with van der Waals surface area (Å²) in [6, 6.07) is 10.9. The maximum atomic E-state index is 13.0. The molecule has 0 saturated carbocycles. The lowest BCUT2D eigenvalue weighted by Crippen LogP contribution is -2.14. The van der Waals surface area contributed by atoms with Crippen LogP contribution in [0.1, 0.15) is 23.8 Å². The molecule has 1 aromatic heterocycles. The SMILES string of the molecule is CCCNc1cccc(C(=O)Nc2cccc(F)c2)n1.